The van der Waals surface area contributed by atoms with Gasteiger partial charge in [-0.1, -0.05) is 12.1 Å². The van der Waals surface area contributed by atoms with Gasteiger partial charge in [-0.15, -0.1) is 0 Å². The molecule has 1 amide bonds. The fourth-order valence-electron chi connectivity index (χ4n) is 3.50. The number of hydrogen-bond acceptors (Lipinski definition) is 7. The van der Waals surface area contributed by atoms with Crippen molar-refractivity contribution in [1.29, 1.82) is 5.41 Å². The summed E-state index contributed by atoms with van der Waals surface area (Å²) in [6.07, 6.45) is 4.32. The van der Waals surface area contributed by atoms with Gasteiger partial charge in [0.15, 0.2) is 5.82 Å². The van der Waals surface area contributed by atoms with Crippen LogP contribution in [0.25, 0.3) is 11.4 Å². The second-order valence-electron chi connectivity index (χ2n) is 7.56. The van der Waals surface area contributed by atoms with Gasteiger partial charge in [-0.25, -0.2) is 9.97 Å². The topological polar surface area (TPSA) is 134 Å². The summed E-state index contributed by atoms with van der Waals surface area (Å²) in [5, 5.41) is 13.7. The van der Waals surface area contributed by atoms with E-state index in [1.807, 2.05) is 12.1 Å². The summed E-state index contributed by atoms with van der Waals surface area (Å²) in [6, 6.07) is 14.3. The second-order valence-corrected chi connectivity index (χ2v) is 9.25. The van der Waals surface area contributed by atoms with Crippen LogP contribution in [0.2, 0.25) is 0 Å². The lowest BCUT2D eigenvalue weighted by molar-refractivity contribution is 0.0934. The largest absolute Gasteiger partial charge is 0.398 e. The number of hydrogen-bond donors (Lipinski definition) is 4. The molecule has 1 aliphatic rings. The van der Waals surface area contributed by atoms with Crippen molar-refractivity contribution in [2.45, 2.75) is 18.9 Å². The summed E-state index contributed by atoms with van der Waals surface area (Å²) in [6.45, 7) is 0. The molecule has 0 atom stereocenters. The molecule has 2 aromatic carbocycles. The Morgan fingerprint density at radius 2 is 1.97 bits per heavy atom. The van der Waals surface area contributed by atoms with Crippen molar-refractivity contribution in [3.05, 3.63) is 65.9 Å². The molecule has 0 bridgehead atoms. The Labute approximate surface area is 188 Å². The van der Waals surface area contributed by atoms with E-state index in [9.17, 15) is 9.00 Å². The van der Waals surface area contributed by atoms with Crippen LogP contribution >= 0.6 is 0 Å². The first-order valence-electron chi connectivity index (χ1n) is 10.3. The van der Waals surface area contributed by atoms with E-state index in [1.165, 1.54) is 6.21 Å². The van der Waals surface area contributed by atoms with Gasteiger partial charge in [0.2, 0.25) is 0 Å². The first-order valence-corrected chi connectivity index (χ1v) is 11.8. The third-order valence-electron chi connectivity index (χ3n) is 5.28. The van der Waals surface area contributed by atoms with Gasteiger partial charge in [0.25, 0.3) is 5.91 Å². The predicted molar refractivity (Wildman–Crippen MR) is 128 cm³/mol. The highest BCUT2D eigenvalue weighted by Gasteiger charge is 2.20. The summed E-state index contributed by atoms with van der Waals surface area (Å²) >= 11 is 0. The molecular weight excluding hydrogens is 424 g/mol. The van der Waals surface area contributed by atoms with E-state index < -0.39 is 10.8 Å². The summed E-state index contributed by atoms with van der Waals surface area (Å²) < 4.78 is 11.5. The Hall–Kier alpha value is -3.59. The Balaban J connectivity index is 1.50. The van der Waals surface area contributed by atoms with E-state index in [2.05, 4.69) is 20.6 Å². The van der Waals surface area contributed by atoms with Crippen molar-refractivity contribution in [2.75, 3.05) is 22.6 Å². The number of nitrogens with one attached hydrogen (secondary N) is 3. The normalized spacial score (nSPS) is 18.0. The lowest BCUT2D eigenvalue weighted by atomic mass is 10.1. The van der Waals surface area contributed by atoms with Crippen LogP contribution in [0.5, 0.6) is 0 Å². The molecule has 0 unspecified atom stereocenters. The smallest absolute Gasteiger partial charge is 0.251 e. The Kier molecular flexibility index (Phi) is 6.55. The monoisotopic (exact) mass is 448 g/mol. The molecule has 1 aliphatic heterocycles. The molecule has 1 saturated heterocycles. The van der Waals surface area contributed by atoms with Crippen molar-refractivity contribution in [2.24, 2.45) is 0 Å². The number of carbonyl (C=O) groups excluding carboxylic acids is 1. The molecule has 0 radical (unpaired) electrons. The Morgan fingerprint density at radius 3 is 2.75 bits per heavy atom. The van der Waals surface area contributed by atoms with E-state index in [-0.39, 0.29) is 11.9 Å². The third-order valence-corrected chi connectivity index (χ3v) is 6.66. The van der Waals surface area contributed by atoms with Crippen molar-refractivity contribution < 1.29 is 9.00 Å². The van der Waals surface area contributed by atoms with Crippen LogP contribution in [0, 0.1) is 5.41 Å². The van der Waals surface area contributed by atoms with Crippen LogP contribution in [0.4, 0.5) is 17.2 Å². The zero-order valence-corrected chi connectivity index (χ0v) is 18.2. The van der Waals surface area contributed by atoms with E-state index in [1.54, 1.807) is 42.6 Å². The van der Waals surface area contributed by atoms with Gasteiger partial charge >= 0.3 is 0 Å². The number of anilines is 3. The lowest BCUT2D eigenvalue weighted by Crippen LogP contribution is -2.39. The van der Waals surface area contributed by atoms with Crippen LogP contribution in [-0.4, -0.2) is 43.8 Å². The number of amides is 1. The summed E-state index contributed by atoms with van der Waals surface area (Å²) in [5.74, 6) is 2.18. The van der Waals surface area contributed by atoms with Crippen molar-refractivity contribution in [1.82, 2.24) is 15.3 Å². The van der Waals surface area contributed by atoms with E-state index in [0.29, 0.717) is 40.0 Å². The molecule has 32 heavy (non-hydrogen) atoms. The first kappa shape index (κ1) is 21.6. The summed E-state index contributed by atoms with van der Waals surface area (Å²) in [7, 11) is -0.760. The van der Waals surface area contributed by atoms with Crippen LogP contribution in [0.15, 0.2) is 54.7 Å². The van der Waals surface area contributed by atoms with Crippen LogP contribution in [0.1, 0.15) is 28.8 Å². The van der Waals surface area contributed by atoms with E-state index >= 15 is 0 Å². The minimum atomic E-state index is -0.760. The van der Waals surface area contributed by atoms with Crippen molar-refractivity contribution >= 4 is 40.1 Å². The Bertz CT molecular complexity index is 1170. The number of aromatic nitrogens is 2. The van der Waals surface area contributed by atoms with Crippen LogP contribution in [-0.2, 0) is 10.8 Å². The van der Waals surface area contributed by atoms with Gasteiger partial charge in [-0.2, -0.15) is 0 Å². The third kappa shape index (κ3) is 5.17. The highest BCUT2D eigenvalue weighted by Crippen LogP contribution is 2.22. The standard InChI is InChI=1S/C23H24N6O2S/c24-14-17-13-19(4-5-20(17)25)27-21-6-9-26-22(29-21)15-2-1-3-16(12-15)23(30)28-18-7-10-32(31)11-8-18/h1-6,9,12-14,18,24H,7-8,10-11,25H2,(H,28,30)(H,26,27,29). The molecule has 0 saturated carbocycles. The molecule has 1 fully saturated rings. The van der Waals surface area contributed by atoms with Gasteiger partial charge in [0, 0.05) is 68.8 Å². The zero-order valence-electron chi connectivity index (χ0n) is 17.4. The minimum Gasteiger partial charge on any atom is -0.398 e. The maximum absolute atomic E-state index is 12.7. The molecule has 5 N–H and O–H groups in total. The van der Waals surface area contributed by atoms with Crippen LogP contribution in [0.3, 0.4) is 0 Å². The van der Waals surface area contributed by atoms with Crippen LogP contribution < -0.4 is 16.4 Å². The van der Waals surface area contributed by atoms with Crippen molar-refractivity contribution in [3.8, 4) is 11.4 Å². The van der Waals surface area contributed by atoms with E-state index in [4.69, 9.17) is 11.1 Å². The molecule has 1 aromatic heterocycles. The van der Waals surface area contributed by atoms with Gasteiger partial charge in [0.1, 0.15) is 5.82 Å². The first-order chi connectivity index (χ1) is 15.5. The number of benzene rings is 2. The van der Waals surface area contributed by atoms with E-state index in [0.717, 1.165) is 24.1 Å². The Morgan fingerprint density at radius 1 is 1.16 bits per heavy atom. The molecule has 4 rings (SSSR count). The van der Waals surface area contributed by atoms with Gasteiger partial charge < -0.3 is 21.8 Å². The summed E-state index contributed by atoms with van der Waals surface area (Å²) in [5.41, 5.74) is 9.01. The number of rotatable bonds is 6. The van der Waals surface area contributed by atoms with Crippen molar-refractivity contribution in [3.63, 3.8) is 0 Å². The zero-order chi connectivity index (χ0) is 22.5. The minimum absolute atomic E-state index is 0.0541. The molecule has 2 heterocycles. The maximum atomic E-state index is 12.7. The number of carbonyl (C=O) groups is 1. The number of nitrogens with zero attached hydrogens (tertiary/aromatic N) is 2. The lowest BCUT2D eigenvalue weighted by Gasteiger charge is -2.22. The summed E-state index contributed by atoms with van der Waals surface area (Å²) in [4.78, 5) is 21.6. The predicted octanol–water partition coefficient (Wildman–Crippen LogP) is 3.11. The fourth-order valence-corrected chi connectivity index (χ4v) is 4.80. The second kappa shape index (κ2) is 9.69. The highest BCUT2D eigenvalue weighted by molar-refractivity contribution is 7.85. The average Bonchev–Trinajstić information content (AvgIpc) is 2.82. The van der Waals surface area contributed by atoms with Gasteiger partial charge in [-0.3, -0.25) is 9.00 Å². The number of nitrogens with two attached hydrogens (primary N) is 1. The molecule has 3 aromatic rings. The quantitative estimate of drug-likeness (QED) is 0.338. The highest BCUT2D eigenvalue weighted by atomic mass is 32.2. The molecule has 0 spiro atoms. The molecule has 164 valence electrons. The molecule has 0 aliphatic carbocycles. The molecular formula is C23H24N6O2S. The SMILES string of the molecule is N=Cc1cc(Nc2ccnc(-c3cccc(C(=O)NC4CCS(=O)CC4)c3)n2)ccc1N. The molecule has 9 heteroatoms. The fraction of sp³-hybridized carbons (Fsp3) is 0.217. The average molecular weight is 449 g/mol. The molecule has 8 nitrogen and oxygen atoms in total. The van der Waals surface area contributed by atoms with Gasteiger partial charge in [-0.05, 0) is 49.2 Å². The maximum Gasteiger partial charge on any atom is 0.251 e. The number of nitrogen functional groups attached to an aromatic ring is 1. The van der Waals surface area contributed by atoms with Gasteiger partial charge in [0.05, 0.1) is 0 Å².